The summed E-state index contributed by atoms with van der Waals surface area (Å²) < 4.78 is 5.54. The predicted octanol–water partition coefficient (Wildman–Crippen LogP) is 5.52. The zero-order valence-corrected chi connectivity index (χ0v) is 14.5. The number of rotatable bonds is 9. The molecule has 2 aromatic rings. The van der Waals surface area contributed by atoms with E-state index in [1.807, 2.05) is 66.7 Å². The highest BCUT2D eigenvalue weighted by molar-refractivity contribution is 5.68. The lowest BCUT2D eigenvalue weighted by Crippen LogP contribution is -2.35. The van der Waals surface area contributed by atoms with Crippen molar-refractivity contribution in [1.29, 1.82) is 0 Å². The first-order valence-electron chi connectivity index (χ1n) is 8.50. The summed E-state index contributed by atoms with van der Waals surface area (Å²) in [6.45, 7) is 8.28. The van der Waals surface area contributed by atoms with E-state index >= 15 is 0 Å². The lowest BCUT2D eigenvalue weighted by molar-refractivity contribution is 0.0833. The number of amides is 1. The highest BCUT2D eigenvalue weighted by Crippen LogP contribution is 2.27. The monoisotopic (exact) mass is 335 g/mol. The van der Waals surface area contributed by atoms with Gasteiger partial charge in [0.05, 0.1) is 6.04 Å². The molecule has 0 heterocycles. The third-order valence-corrected chi connectivity index (χ3v) is 3.97. The Hall–Kier alpha value is -2.81. The molecule has 0 aliphatic heterocycles. The molecule has 0 aliphatic carbocycles. The lowest BCUT2D eigenvalue weighted by atomic mass is 10.0. The molecule has 0 N–H and O–H groups in total. The maximum Gasteiger partial charge on any atom is 0.410 e. The predicted molar refractivity (Wildman–Crippen MR) is 102 cm³/mol. The standard InChI is InChI=1S/C22H25NO2/c1-3-5-16-21(20-14-10-7-11-15-20)23(17-4-2)22(24)25-18-19-12-8-6-9-13-19/h3-4,6-15,21H,1-2,5,16-18H2/t21-/m1/s1. The Balaban J connectivity index is 2.14. The zero-order valence-electron chi connectivity index (χ0n) is 14.5. The Morgan fingerprint density at radius 2 is 1.64 bits per heavy atom. The molecule has 0 saturated heterocycles. The minimum Gasteiger partial charge on any atom is -0.445 e. The fraction of sp³-hybridized carbons (Fsp3) is 0.227. The summed E-state index contributed by atoms with van der Waals surface area (Å²) in [4.78, 5) is 14.4. The highest BCUT2D eigenvalue weighted by atomic mass is 16.6. The van der Waals surface area contributed by atoms with E-state index in [4.69, 9.17) is 4.74 Å². The molecule has 0 saturated carbocycles. The van der Waals surface area contributed by atoms with Crippen LogP contribution < -0.4 is 0 Å². The van der Waals surface area contributed by atoms with Gasteiger partial charge in [0.15, 0.2) is 0 Å². The van der Waals surface area contributed by atoms with Gasteiger partial charge in [-0.1, -0.05) is 72.8 Å². The fourth-order valence-electron chi connectivity index (χ4n) is 2.72. The van der Waals surface area contributed by atoms with Gasteiger partial charge in [-0.05, 0) is 24.0 Å². The van der Waals surface area contributed by atoms with Crippen LogP contribution in [0, 0.1) is 0 Å². The highest BCUT2D eigenvalue weighted by Gasteiger charge is 2.25. The van der Waals surface area contributed by atoms with Crippen LogP contribution in [0.25, 0.3) is 0 Å². The van der Waals surface area contributed by atoms with Crippen molar-refractivity contribution in [2.45, 2.75) is 25.5 Å². The Labute approximate surface area is 150 Å². The normalized spacial score (nSPS) is 11.4. The molecule has 0 bridgehead atoms. The van der Waals surface area contributed by atoms with Crippen molar-refractivity contribution in [2.75, 3.05) is 6.54 Å². The van der Waals surface area contributed by atoms with Crippen molar-refractivity contribution in [2.24, 2.45) is 0 Å². The number of carbonyl (C=O) groups is 1. The van der Waals surface area contributed by atoms with Crippen LogP contribution in [0.3, 0.4) is 0 Å². The van der Waals surface area contributed by atoms with Crippen molar-refractivity contribution >= 4 is 6.09 Å². The number of carbonyl (C=O) groups excluding carboxylic acids is 1. The molecular weight excluding hydrogens is 310 g/mol. The molecule has 0 radical (unpaired) electrons. The van der Waals surface area contributed by atoms with Gasteiger partial charge in [-0.15, -0.1) is 13.2 Å². The first kappa shape index (κ1) is 18.5. The van der Waals surface area contributed by atoms with Crippen molar-refractivity contribution in [3.63, 3.8) is 0 Å². The molecule has 0 fully saturated rings. The van der Waals surface area contributed by atoms with E-state index in [0.29, 0.717) is 6.54 Å². The van der Waals surface area contributed by atoms with Gasteiger partial charge in [0.25, 0.3) is 0 Å². The Morgan fingerprint density at radius 3 is 2.24 bits per heavy atom. The molecule has 0 aliphatic rings. The maximum absolute atomic E-state index is 12.7. The van der Waals surface area contributed by atoms with Crippen LogP contribution in [0.5, 0.6) is 0 Å². The van der Waals surface area contributed by atoms with Gasteiger partial charge >= 0.3 is 6.09 Å². The summed E-state index contributed by atoms with van der Waals surface area (Å²) in [6, 6.07) is 19.6. The topological polar surface area (TPSA) is 29.5 Å². The van der Waals surface area contributed by atoms with Crippen LogP contribution in [-0.4, -0.2) is 17.5 Å². The van der Waals surface area contributed by atoms with Gasteiger partial charge in [0.1, 0.15) is 6.61 Å². The molecule has 3 nitrogen and oxygen atoms in total. The minimum absolute atomic E-state index is 0.0690. The SMILES string of the molecule is C=CCC[C@H](c1ccccc1)N(CC=C)C(=O)OCc1ccccc1. The third kappa shape index (κ3) is 5.64. The van der Waals surface area contributed by atoms with Gasteiger partial charge in [-0.2, -0.15) is 0 Å². The number of benzene rings is 2. The van der Waals surface area contributed by atoms with Crippen molar-refractivity contribution in [3.05, 3.63) is 97.1 Å². The van der Waals surface area contributed by atoms with E-state index in [1.54, 1.807) is 11.0 Å². The van der Waals surface area contributed by atoms with E-state index in [2.05, 4.69) is 13.2 Å². The Bertz CT molecular complexity index is 667. The second-order valence-electron chi connectivity index (χ2n) is 5.77. The van der Waals surface area contributed by atoms with Gasteiger partial charge in [0, 0.05) is 6.54 Å². The van der Waals surface area contributed by atoms with Gasteiger partial charge in [-0.25, -0.2) is 4.79 Å². The Morgan fingerprint density at radius 1 is 1.00 bits per heavy atom. The number of ether oxygens (including phenoxy) is 1. The van der Waals surface area contributed by atoms with Crippen LogP contribution in [0.4, 0.5) is 4.79 Å². The number of hydrogen-bond acceptors (Lipinski definition) is 2. The summed E-state index contributed by atoms with van der Waals surface area (Å²) in [5.74, 6) is 0. The smallest absolute Gasteiger partial charge is 0.410 e. The molecule has 2 aromatic carbocycles. The molecular formula is C22H25NO2. The van der Waals surface area contributed by atoms with Crippen LogP contribution in [0.15, 0.2) is 86.0 Å². The molecule has 0 spiro atoms. The van der Waals surface area contributed by atoms with Crippen molar-refractivity contribution < 1.29 is 9.53 Å². The lowest BCUT2D eigenvalue weighted by Gasteiger charge is -2.30. The van der Waals surface area contributed by atoms with Crippen LogP contribution >= 0.6 is 0 Å². The van der Waals surface area contributed by atoms with E-state index in [0.717, 1.165) is 24.0 Å². The molecule has 3 heteroatoms. The first-order valence-corrected chi connectivity index (χ1v) is 8.50. The number of nitrogens with zero attached hydrogens (tertiary/aromatic N) is 1. The zero-order chi connectivity index (χ0) is 17.9. The molecule has 130 valence electrons. The summed E-state index contributed by atoms with van der Waals surface area (Å²) in [5.41, 5.74) is 2.06. The van der Waals surface area contributed by atoms with E-state index in [-0.39, 0.29) is 18.7 Å². The summed E-state index contributed by atoms with van der Waals surface area (Å²) in [5, 5.41) is 0. The average Bonchev–Trinajstić information content (AvgIpc) is 2.67. The second-order valence-corrected chi connectivity index (χ2v) is 5.77. The van der Waals surface area contributed by atoms with Crippen LogP contribution in [0.1, 0.15) is 30.0 Å². The quantitative estimate of drug-likeness (QED) is 0.565. The number of allylic oxidation sites excluding steroid dienone is 1. The molecule has 25 heavy (non-hydrogen) atoms. The molecule has 0 unspecified atom stereocenters. The van der Waals surface area contributed by atoms with Gasteiger partial charge in [0.2, 0.25) is 0 Å². The third-order valence-electron chi connectivity index (χ3n) is 3.97. The second kappa shape index (κ2) is 10.1. The van der Waals surface area contributed by atoms with E-state index < -0.39 is 0 Å². The first-order chi connectivity index (χ1) is 12.3. The number of hydrogen-bond donors (Lipinski definition) is 0. The summed E-state index contributed by atoms with van der Waals surface area (Å²) >= 11 is 0. The summed E-state index contributed by atoms with van der Waals surface area (Å²) in [6.07, 6.45) is 4.88. The van der Waals surface area contributed by atoms with Crippen molar-refractivity contribution in [3.8, 4) is 0 Å². The minimum atomic E-state index is -0.332. The fourth-order valence-corrected chi connectivity index (χ4v) is 2.72. The van der Waals surface area contributed by atoms with Crippen molar-refractivity contribution in [1.82, 2.24) is 4.90 Å². The maximum atomic E-state index is 12.7. The molecule has 0 aromatic heterocycles. The largest absolute Gasteiger partial charge is 0.445 e. The van der Waals surface area contributed by atoms with E-state index in [1.165, 1.54) is 0 Å². The summed E-state index contributed by atoms with van der Waals surface area (Å²) in [7, 11) is 0. The van der Waals surface area contributed by atoms with E-state index in [9.17, 15) is 4.79 Å². The molecule has 1 amide bonds. The van der Waals surface area contributed by atoms with Crippen LogP contribution in [0.2, 0.25) is 0 Å². The molecule has 1 atom stereocenters. The molecule has 2 rings (SSSR count). The Kier molecular flexibility index (Phi) is 7.51. The van der Waals surface area contributed by atoms with Crippen LogP contribution in [-0.2, 0) is 11.3 Å². The van der Waals surface area contributed by atoms with Gasteiger partial charge in [-0.3, -0.25) is 4.90 Å². The average molecular weight is 335 g/mol. The van der Waals surface area contributed by atoms with Gasteiger partial charge < -0.3 is 4.74 Å².